The summed E-state index contributed by atoms with van der Waals surface area (Å²) < 4.78 is 11.0. The standard InChI is InChI=1S/C19H24N4O3/c1-12-16(10-21-19(22-12)23(2)3)18(24)20-9-13-7-14-5-6-15(25-4)8-17(14)26-11-13/h5-6,8,10,13H,7,9,11H2,1-4H3,(H,20,24)/t13-/m1/s1. The number of benzene rings is 1. The van der Waals surface area contributed by atoms with Gasteiger partial charge in [-0.05, 0) is 25.0 Å². The lowest BCUT2D eigenvalue weighted by molar-refractivity contribution is 0.0937. The van der Waals surface area contributed by atoms with Crippen molar-refractivity contribution in [1.82, 2.24) is 15.3 Å². The molecule has 7 heteroatoms. The number of aryl methyl sites for hydroxylation is 1. The number of fused-ring (bicyclic) bond motifs is 1. The number of amides is 1. The molecule has 2 heterocycles. The molecule has 2 aromatic rings. The molecule has 138 valence electrons. The summed E-state index contributed by atoms with van der Waals surface area (Å²) in [6.45, 7) is 2.92. The van der Waals surface area contributed by atoms with Crippen LogP contribution in [0, 0.1) is 12.8 Å². The highest BCUT2D eigenvalue weighted by atomic mass is 16.5. The van der Waals surface area contributed by atoms with Crippen LogP contribution in [0.25, 0.3) is 0 Å². The van der Waals surface area contributed by atoms with Gasteiger partial charge in [-0.15, -0.1) is 0 Å². The Morgan fingerprint density at radius 3 is 2.92 bits per heavy atom. The van der Waals surface area contributed by atoms with Gasteiger partial charge in [0.05, 0.1) is 25.0 Å². The molecule has 0 unspecified atom stereocenters. The van der Waals surface area contributed by atoms with Crippen molar-refractivity contribution < 1.29 is 14.3 Å². The van der Waals surface area contributed by atoms with E-state index in [4.69, 9.17) is 9.47 Å². The fourth-order valence-corrected chi connectivity index (χ4v) is 2.90. The lowest BCUT2D eigenvalue weighted by Gasteiger charge is -2.26. The molecule has 3 rings (SSSR count). The number of aromatic nitrogens is 2. The highest BCUT2D eigenvalue weighted by Gasteiger charge is 2.22. The minimum atomic E-state index is -0.159. The third-order valence-corrected chi connectivity index (χ3v) is 4.42. The Kier molecular flexibility index (Phi) is 5.25. The first kappa shape index (κ1) is 18.0. The van der Waals surface area contributed by atoms with Crippen LogP contribution in [0.5, 0.6) is 11.5 Å². The first-order chi connectivity index (χ1) is 12.5. The quantitative estimate of drug-likeness (QED) is 0.881. The van der Waals surface area contributed by atoms with Crippen LogP contribution in [0.2, 0.25) is 0 Å². The fraction of sp³-hybridized carbons (Fsp3) is 0.421. The third kappa shape index (κ3) is 3.87. The summed E-state index contributed by atoms with van der Waals surface area (Å²) in [6, 6.07) is 5.84. The first-order valence-corrected chi connectivity index (χ1v) is 8.56. The Morgan fingerprint density at radius 1 is 1.42 bits per heavy atom. The molecule has 1 N–H and O–H groups in total. The van der Waals surface area contributed by atoms with E-state index in [1.54, 1.807) is 18.2 Å². The zero-order valence-corrected chi connectivity index (χ0v) is 15.6. The second kappa shape index (κ2) is 7.59. The molecule has 0 saturated carbocycles. The zero-order valence-electron chi connectivity index (χ0n) is 15.6. The second-order valence-corrected chi connectivity index (χ2v) is 6.63. The number of hydrogen-bond donors (Lipinski definition) is 1. The highest BCUT2D eigenvalue weighted by Crippen LogP contribution is 2.30. The SMILES string of the molecule is COc1ccc2c(c1)OC[C@@H](CNC(=O)c1cnc(N(C)C)nc1C)C2. The molecule has 1 aliphatic heterocycles. The zero-order chi connectivity index (χ0) is 18.7. The van der Waals surface area contributed by atoms with Crippen LogP contribution >= 0.6 is 0 Å². The number of anilines is 1. The van der Waals surface area contributed by atoms with Gasteiger partial charge in [-0.1, -0.05) is 6.07 Å². The Hall–Kier alpha value is -2.83. The Labute approximate surface area is 153 Å². The van der Waals surface area contributed by atoms with Gasteiger partial charge in [0, 0.05) is 38.8 Å². The first-order valence-electron chi connectivity index (χ1n) is 8.56. The Bertz CT molecular complexity index is 807. The lowest BCUT2D eigenvalue weighted by Crippen LogP contribution is -2.35. The van der Waals surface area contributed by atoms with Crippen LogP contribution in [-0.2, 0) is 6.42 Å². The van der Waals surface area contributed by atoms with Crippen molar-refractivity contribution in [2.45, 2.75) is 13.3 Å². The van der Waals surface area contributed by atoms with E-state index in [0.717, 1.165) is 23.5 Å². The molecule has 7 nitrogen and oxygen atoms in total. The number of methoxy groups -OCH3 is 1. The summed E-state index contributed by atoms with van der Waals surface area (Å²) in [6.07, 6.45) is 2.43. The highest BCUT2D eigenvalue weighted by molar-refractivity contribution is 5.95. The largest absolute Gasteiger partial charge is 0.497 e. The summed E-state index contributed by atoms with van der Waals surface area (Å²) in [5, 5.41) is 2.97. The minimum absolute atomic E-state index is 0.159. The number of nitrogens with one attached hydrogen (secondary N) is 1. The van der Waals surface area contributed by atoms with Crippen molar-refractivity contribution in [3.8, 4) is 11.5 Å². The van der Waals surface area contributed by atoms with E-state index < -0.39 is 0 Å². The maximum Gasteiger partial charge on any atom is 0.254 e. The van der Waals surface area contributed by atoms with Gasteiger partial charge in [-0.2, -0.15) is 0 Å². The van der Waals surface area contributed by atoms with Gasteiger partial charge in [-0.25, -0.2) is 9.97 Å². The van der Waals surface area contributed by atoms with Crippen molar-refractivity contribution in [2.24, 2.45) is 5.92 Å². The average Bonchev–Trinajstić information content (AvgIpc) is 2.65. The summed E-state index contributed by atoms with van der Waals surface area (Å²) in [5.74, 6) is 2.30. The summed E-state index contributed by atoms with van der Waals surface area (Å²) >= 11 is 0. The van der Waals surface area contributed by atoms with Crippen LogP contribution in [0.3, 0.4) is 0 Å². The number of carbonyl (C=O) groups excluding carboxylic acids is 1. The van der Waals surface area contributed by atoms with E-state index in [1.165, 1.54) is 0 Å². The maximum absolute atomic E-state index is 12.5. The molecule has 0 bridgehead atoms. The van der Waals surface area contributed by atoms with Crippen molar-refractivity contribution in [3.05, 3.63) is 41.2 Å². The van der Waals surface area contributed by atoms with Gasteiger partial charge in [0.1, 0.15) is 11.5 Å². The molecular formula is C19H24N4O3. The van der Waals surface area contributed by atoms with Crippen molar-refractivity contribution in [2.75, 3.05) is 39.3 Å². The lowest BCUT2D eigenvalue weighted by atomic mass is 9.96. The molecule has 0 saturated heterocycles. The summed E-state index contributed by atoms with van der Waals surface area (Å²) in [4.78, 5) is 22.8. The third-order valence-electron chi connectivity index (χ3n) is 4.42. The van der Waals surface area contributed by atoms with Gasteiger partial charge in [-0.3, -0.25) is 4.79 Å². The molecule has 0 fully saturated rings. The maximum atomic E-state index is 12.5. The van der Waals surface area contributed by atoms with Gasteiger partial charge in [0.25, 0.3) is 5.91 Å². The van der Waals surface area contributed by atoms with E-state index >= 15 is 0 Å². The van der Waals surface area contributed by atoms with Gasteiger partial charge in [0.2, 0.25) is 5.95 Å². The molecule has 1 aromatic carbocycles. The van der Waals surface area contributed by atoms with Gasteiger partial charge >= 0.3 is 0 Å². The molecular weight excluding hydrogens is 332 g/mol. The minimum Gasteiger partial charge on any atom is -0.497 e. The van der Waals surface area contributed by atoms with E-state index in [2.05, 4.69) is 15.3 Å². The van der Waals surface area contributed by atoms with E-state index in [9.17, 15) is 4.79 Å². The van der Waals surface area contributed by atoms with Crippen molar-refractivity contribution in [1.29, 1.82) is 0 Å². The molecule has 0 spiro atoms. The number of hydrogen-bond acceptors (Lipinski definition) is 6. The monoisotopic (exact) mass is 356 g/mol. The molecule has 1 aliphatic rings. The number of nitrogens with zero attached hydrogens (tertiary/aromatic N) is 3. The Morgan fingerprint density at radius 2 is 2.23 bits per heavy atom. The number of rotatable bonds is 5. The van der Waals surface area contributed by atoms with E-state index in [0.29, 0.717) is 30.4 Å². The number of carbonyl (C=O) groups is 1. The normalized spacial score (nSPS) is 15.6. The van der Waals surface area contributed by atoms with Crippen LogP contribution in [0.4, 0.5) is 5.95 Å². The van der Waals surface area contributed by atoms with Gasteiger partial charge < -0.3 is 19.7 Å². The van der Waals surface area contributed by atoms with E-state index in [1.807, 2.05) is 39.2 Å². The topological polar surface area (TPSA) is 76.6 Å². The predicted octanol–water partition coefficient (Wildman–Crippen LogP) is 1.84. The average molecular weight is 356 g/mol. The van der Waals surface area contributed by atoms with Crippen molar-refractivity contribution >= 4 is 11.9 Å². The molecule has 0 aliphatic carbocycles. The molecule has 1 aromatic heterocycles. The van der Waals surface area contributed by atoms with Crippen LogP contribution in [-0.4, -0.2) is 50.2 Å². The van der Waals surface area contributed by atoms with E-state index in [-0.39, 0.29) is 11.8 Å². The number of ether oxygens (including phenoxy) is 2. The Balaban J connectivity index is 1.60. The van der Waals surface area contributed by atoms with Crippen LogP contribution < -0.4 is 19.7 Å². The smallest absolute Gasteiger partial charge is 0.254 e. The van der Waals surface area contributed by atoms with Gasteiger partial charge in [0.15, 0.2) is 0 Å². The molecule has 1 amide bonds. The van der Waals surface area contributed by atoms with Crippen molar-refractivity contribution in [3.63, 3.8) is 0 Å². The predicted molar refractivity (Wildman–Crippen MR) is 99.1 cm³/mol. The van der Waals surface area contributed by atoms with Crippen LogP contribution in [0.15, 0.2) is 24.4 Å². The summed E-state index contributed by atoms with van der Waals surface area (Å²) in [5.41, 5.74) is 2.29. The molecule has 1 atom stereocenters. The van der Waals surface area contributed by atoms with Crippen LogP contribution in [0.1, 0.15) is 21.6 Å². The summed E-state index contributed by atoms with van der Waals surface area (Å²) in [7, 11) is 5.37. The second-order valence-electron chi connectivity index (χ2n) is 6.63. The molecule has 0 radical (unpaired) electrons. The fourth-order valence-electron chi connectivity index (χ4n) is 2.90. The molecule has 26 heavy (non-hydrogen) atoms.